The van der Waals surface area contributed by atoms with Gasteiger partial charge in [-0.25, -0.2) is 4.98 Å². The number of benzene rings is 2. The van der Waals surface area contributed by atoms with Crippen molar-refractivity contribution in [2.75, 3.05) is 5.32 Å². The number of hydrogen-bond donors (Lipinski definition) is 1. The number of ether oxygens (including phenoxy) is 1. The lowest BCUT2D eigenvalue weighted by Crippen LogP contribution is -2.07. The first-order valence-electron chi connectivity index (χ1n) is 8.78. The van der Waals surface area contributed by atoms with Crippen LogP contribution in [0.2, 0.25) is 0 Å². The summed E-state index contributed by atoms with van der Waals surface area (Å²) in [6.07, 6.45) is 3.45. The number of carbonyl (C=O) groups is 1. The van der Waals surface area contributed by atoms with Gasteiger partial charge in [0.05, 0.1) is 11.8 Å². The molecule has 2 aromatic carbocycles. The van der Waals surface area contributed by atoms with Crippen LogP contribution in [0.5, 0.6) is 5.75 Å². The van der Waals surface area contributed by atoms with E-state index in [1.807, 2.05) is 74.7 Å². The molecular weight excluding hydrogens is 356 g/mol. The third-order valence-electron chi connectivity index (χ3n) is 3.76. The molecule has 3 aromatic rings. The molecule has 27 heavy (non-hydrogen) atoms. The molecule has 0 atom stereocenters. The van der Waals surface area contributed by atoms with Gasteiger partial charge in [0.25, 0.3) is 0 Å². The Hall–Kier alpha value is -2.92. The quantitative estimate of drug-likeness (QED) is 0.572. The molecule has 1 aromatic heterocycles. The highest BCUT2D eigenvalue weighted by atomic mass is 32.1. The Labute approximate surface area is 163 Å². The summed E-state index contributed by atoms with van der Waals surface area (Å²) in [6.45, 7) is 6.03. The first-order valence-corrected chi connectivity index (χ1v) is 9.66. The summed E-state index contributed by atoms with van der Waals surface area (Å²) in [6, 6.07) is 15.8. The molecule has 0 unspecified atom stereocenters. The van der Waals surface area contributed by atoms with Crippen molar-refractivity contribution in [2.24, 2.45) is 0 Å². The Bertz CT molecular complexity index is 926. The number of amides is 1. The van der Waals surface area contributed by atoms with Crippen LogP contribution in [0.15, 0.2) is 60.0 Å². The van der Waals surface area contributed by atoms with Crippen LogP contribution in [-0.2, 0) is 4.79 Å². The van der Waals surface area contributed by atoms with Gasteiger partial charge in [-0.15, -0.1) is 11.3 Å². The zero-order valence-electron chi connectivity index (χ0n) is 15.6. The Morgan fingerprint density at radius 2 is 1.81 bits per heavy atom. The van der Waals surface area contributed by atoms with Crippen LogP contribution >= 0.6 is 11.3 Å². The van der Waals surface area contributed by atoms with E-state index in [1.165, 1.54) is 23.0 Å². The lowest BCUT2D eigenvalue weighted by molar-refractivity contribution is -0.111. The summed E-state index contributed by atoms with van der Waals surface area (Å²) < 4.78 is 5.65. The van der Waals surface area contributed by atoms with Gasteiger partial charge in [0.2, 0.25) is 5.91 Å². The highest BCUT2D eigenvalue weighted by Gasteiger charge is 2.07. The van der Waals surface area contributed by atoms with Crippen LogP contribution in [0.25, 0.3) is 17.3 Å². The minimum absolute atomic E-state index is 0.143. The number of anilines is 1. The molecule has 0 bridgehead atoms. The number of nitrogens with zero attached hydrogens (tertiary/aromatic N) is 1. The number of thiazole rings is 1. The van der Waals surface area contributed by atoms with E-state index in [4.69, 9.17) is 4.74 Å². The van der Waals surface area contributed by atoms with E-state index in [2.05, 4.69) is 10.3 Å². The second kappa shape index (κ2) is 8.64. The van der Waals surface area contributed by atoms with Gasteiger partial charge in [0.1, 0.15) is 5.75 Å². The van der Waals surface area contributed by atoms with Gasteiger partial charge in [-0.2, -0.15) is 0 Å². The predicted molar refractivity (Wildman–Crippen MR) is 112 cm³/mol. The second-order valence-electron chi connectivity index (χ2n) is 6.46. The maximum Gasteiger partial charge on any atom is 0.250 e. The molecule has 0 saturated carbocycles. The van der Waals surface area contributed by atoms with Gasteiger partial charge >= 0.3 is 0 Å². The Balaban J connectivity index is 1.61. The van der Waals surface area contributed by atoms with Crippen molar-refractivity contribution in [1.82, 2.24) is 4.98 Å². The number of rotatable bonds is 6. The van der Waals surface area contributed by atoms with Crippen molar-refractivity contribution in [2.45, 2.75) is 26.9 Å². The first-order chi connectivity index (χ1) is 13.0. The molecule has 0 fully saturated rings. The molecule has 0 aliphatic rings. The van der Waals surface area contributed by atoms with Crippen LogP contribution in [0, 0.1) is 6.92 Å². The number of aryl methyl sites for hydroxylation is 1. The smallest absolute Gasteiger partial charge is 0.250 e. The Kier molecular flexibility index (Phi) is 6.04. The van der Waals surface area contributed by atoms with Crippen molar-refractivity contribution in [3.05, 3.63) is 71.1 Å². The highest BCUT2D eigenvalue weighted by molar-refractivity contribution is 7.14. The number of carbonyl (C=O) groups excluding carboxylic acids is 1. The zero-order chi connectivity index (χ0) is 19.2. The van der Waals surface area contributed by atoms with E-state index in [-0.39, 0.29) is 12.0 Å². The highest BCUT2D eigenvalue weighted by Crippen LogP contribution is 2.26. The topological polar surface area (TPSA) is 51.2 Å². The summed E-state index contributed by atoms with van der Waals surface area (Å²) in [5.41, 5.74) is 3.99. The summed E-state index contributed by atoms with van der Waals surface area (Å²) in [5, 5.41) is 5.31. The zero-order valence-corrected chi connectivity index (χ0v) is 16.4. The molecular formula is C22H22N2O2S. The van der Waals surface area contributed by atoms with Gasteiger partial charge in [-0.05, 0) is 56.7 Å². The van der Waals surface area contributed by atoms with Crippen LogP contribution in [0.3, 0.4) is 0 Å². The van der Waals surface area contributed by atoms with E-state index >= 15 is 0 Å². The standard InChI is InChI=1S/C22H22N2O2S/c1-15(2)26-19-11-9-18(10-12-19)20-14-27-22(23-20)24-21(25)13-8-17-6-4-16(3)5-7-17/h4-15H,1-3H3,(H,23,24,25). The van der Waals surface area contributed by atoms with Gasteiger partial charge in [-0.3, -0.25) is 10.1 Å². The maximum atomic E-state index is 12.1. The van der Waals surface area contributed by atoms with Crippen molar-refractivity contribution >= 4 is 28.5 Å². The molecule has 0 aliphatic heterocycles. The number of hydrogen-bond acceptors (Lipinski definition) is 4. The summed E-state index contributed by atoms with van der Waals surface area (Å²) in [7, 11) is 0. The third-order valence-corrected chi connectivity index (χ3v) is 4.52. The average molecular weight is 378 g/mol. The van der Waals surface area contributed by atoms with Gasteiger partial charge in [0.15, 0.2) is 5.13 Å². The molecule has 1 heterocycles. The van der Waals surface area contributed by atoms with Crippen molar-refractivity contribution in [1.29, 1.82) is 0 Å². The predicted octanol–water partition coefficient (Wildman–Crippen LogP) is 5.56. The van der Waals surface area contributed by atoms with Gasteiger partial charge in [0, 0.05) is 17.0 Å². The van der Waals surface area contributed by atoms with Crippen LogP contribution in [0.1, 0.15) is 25.0 Å². The normalized spacial score (nSPS) is 11.1. The van der Waals surface area contributed by atoms with Crippen LogP contribution < -0.4 is 10.1 Å². The van der Waals surface area contributed by atoms with Crippen molar-refractivity contribution in [3.63, 3.8) is 0 Å². The van der Waals surface area contributed by atoms with E-state index in [0.717, 1.165) is 22.6 Å². The van der Waals surface area contributed by atoms with E-state index in [9.17, 15) is 4.79 Å². The molecule has 4 nitrogen and oxygen atoms in total. The first kappa shape index (κ1) is 18.9. The molecule has 0 saturated heterocycles. The number of aromatic nitrogens is 1. The molecule has 1 amide bonds. The minimum Gasteiger partial charge on any atom is -0.491 e. The third kappa shape index (κ3) is 5.53. The van der Waals surface area contributed by atoms with Crippen LogP contribution in [0.4, 0.5) is 5.13 Å². The monoisotopic (exact) mass is 378 g/mol. The average Bonchev–Trinajstić information content (AvgIpc) is 3.10. The Morgan fingerprint density at radius 3 is 2.48 bits per heavy atom. The van der Waals surface area contributed by atoms with Gasteiger partial charge in [-0.1, -0.05) is 29.8 Å². The summed E-state index contributed by atoms with van der Waals surface area (Å²) in [5.74, 6) is 0.635. The summed E-state index contributed by atoms with van der Waals surface area (Å²) >= 11 is 1.40. The molecule has 0 aliphatic carbocycles. The fourth-order valence-corrected chi connectivity index (χ4v) is 3.16. The lowest BCUT2D eigenvalue weighted by Gasteiger charge is -2.09. The Morgan fingerprint density at radius 1 is 1.11 bits per heavy atom. The fourth-order valence-electron chi connectivity index (χ4n) is 2.44. The second-order valence-corrected chi connectivity index (χ2v) is 7.32. The molecule has 1 N–H and O–H groups in total. The van der Waals surface area contributed by atoms with Gasteiger partial charge < -0.3 is 4.74 Å². The van der Waals surface area contributed by atoms with E-state index < -0.39 is 0 Å². The minimum atomic E-state index is -0.197. The molecule has 3 rings (SSSR count). The number of nitrogens with one attached hydrogen (secondary N) is 1. The van der Waals surface area contributed by atoms with Crippen molar-refractivity contribution < 1.29 is 9.53 Å². The SMILES string of the molecule is Cc1ccc(C=CC(=O)Nc2nc(-c3ccc(OC(C)C)cc3)cs2)cc1. The van der Waals surface area contributed by atoms with Crippen molar-refractivity contribution in [3.8, 4) is 17.0 Å². The maximum absolute atomic E-state index is 12.1. The van der Waals surface area contributed by atoms with E-state index in [1.54, 1.807) is 6.08 Å². The molecule has 5 heteroatoms. The molecule has 138 valence electrons. The molecule has 0 spiro atoms. The largest absolute Gasteiger partial charge is 0.491 e. The molecule has 0 radical (unpaired) electrons. The van der Waals surface area contributed by atoms with E-state index in [0.29, 0.717) is 5.13 Å². The summed E-state index contributed by atoms with van der Waals surface area (Å²) in [4.78, 5) is 16.6. The fraction of sp³-hybridized carbons (Fsp3) is 0.182. The van der Waals surface area contributed by atoms with Crippen LogP contribution in [-0.4, -0.2) is 17.0 Å². The lowest BCUT2D eigenvalue weighted by atomic mass is 10.1.